The highest BCUT2D eigenvalue weighted by Gasteiger charge is 2.03. The molecule has 2 aromatic carbocycles. The lowest BCUT2D eigenvalue weighted by Crippen LogP contribution is -2.19. The summed E-state index contributed by atoms with van der Waals surface area (Å²) in [6.45, 7) is 2.02. The van der Waals surface area contributed by atoms with E-state index in [1.54, 1.807) is 6.21 Å². The molecule has 0 atom stereocenters. The van der Waals surface area contributed by atoms with Crippen LogP contribution in [0.15, 0.2) is 53.6 Å². The largest absolute Gasteiger partial charge is 0.272 e. The zero-order valence-corrected chi connectivity index (χ0v) is 13.8. The third-order valence-electron chi connectivity index (χ3n) is 2.89. The molecule has 22 heavy (non-hydrogen) atoms. The summed E-state index contributed by atoms with van der Waals surface area (Å²) in [6.07, 6.45) is 1.64. The average Bonchev–Trinajstić information content (AvgIpc) is 2.49. The summed E-state index contributed by atoms with van der Waals surface area (Å²) in [5, 5.41) is 4.69. The third-order valence-corrected chi connectivity index (χ3v) is 4.24. The maximum Gasteiger partial charge on any atom is 0.250 e. The van der Waals surface area contributed by atoms with Crippen LogP contribution in [-0.4, -0.2) is 17.9 Å². The van der Waals surface area contributed by atoms with Gasteiger partial charge in [-0.25, -0.2) is 5.43 Å². The molecular weight excluding hydrogens is 316 g/mol. The Labute approximate surface area is 139 Å². The SMILES string of the molecule is Cc1cccc(/C=N\NC(=O)CSCc2ccccc2Cl)c1. The van der Waals surface area contributed by atoms with Crippen molar-refractivity contribution in [2.24, 2.45) is 5.10 Å². The van der Waals surface area contributed by atoms with Gasteiger partial charge < -0.3 is 0 Å². The first-order chi connectivity index (χ1) is 10.6. The van der Waals surface area contributed by atoms with Crippen molar-refractivity contribution >= 4 is 35.5 Å². The molecule has 0 unspecified atom stereocenters. The van der Waals surface area contributed by atoms with Crippen LogP contribution in [0.1, 0.15) is 16.7 Å². The van der Waals surface area contributed by atoms with Crippen LogP contribution >= 0.6 is 23.4 Å². The van der Waals surface area contributed by atoms with Crippen LogP contribution < -0.4 is 5.43 Å². The highest BCUT2D eigenvalue weighted by molar-refractivity contribution is 7.99. The fourth-order valence-corrected chi connectivity index (χ4v) is 2.94. The second-order valence-corrected chi connectivity index (χ2v) is 6.18. The predicted octanol–water partition coefficient (Wildman–Crippen LogP) is 4.03. The number of hydrazone groups is 1. The van der Waals surface area contributed by atoms with Gasteiger partial charge in [0.25, 0.3) is 0 Å². The number of hydrogen-bond donors (Lipinski definition) is 1. The van der Waals surface area contributed by atoms with Crippen LogP contribution in [0.5, 0.6) is 0 Å². The Morgan fingerprint density at radius 3 is 2.86 bits per heavy atom. The summed E-state index contributed by atoms with van der Waals surface area (Å²) >= 11 is 7.57. The molecule has 0 fully saturated rings. The summed E-state index contributed by atoms with van der Waals surface area (Å²) in [5.41, 5.74) is 5.68. The van der Waals surface area contributed by atoms with Gasteiger partial charge in [0.2, 0.25) is 5.91 Å². The van der Waals surface area contributed by atoms with Gasteiger partial charge in [-0.05, 0) is 24.1 Å². The van der Waals surface area contributed by atoms with E-state index in [2.05, 4.69) is 10.5 Å². The van der Waals surface area contributed by atoms with Crippen LogP contribution in [0.2, 0.25) is 5.02 Å². The molecule has 0 bridgehead atoms. The first-order valence-corrected chi connectivity index (χ1v) is 8.38. The highest BCUT2D eigenvalue weighted by atomic mass is 35.5. The van der Waals surface area contributed by atoms with Gasteiger partial charge in [0.15, 0.2) is 0 Å². The fraction of sp³-hybridized carbons (Fsp3) is 0.176. The van der Waals surface area contributed by atoms with Crippen molar-refractivity contribution in [1.29, 1.82) is 0 Å². The normalized spacial score (nSPS) is 10.8. The van der Waals surface area contributed by atoms with Crippen molar-refractivity contribution in [3.05, 3.63) is 70.2 Å². The molecule has 0 aliphatic rings. The van der Waals surface area contributed by atoms with Gasteiger partial charge >= 0.3 is 0 Å². The number of carbonyl (C=O) groups is 1. The molecule has 0 aliphatic heterocycles. The van der Waals surface area contributed by atoms with E-state index in [-0.39, 0.29) is 5.91 Å². The van der Waals surface area contributed by atoms with Crippen LogP contribution in [0, 0.1) is 6.92 Å². The molecule has 0 saturated carbocycles. The molecule has 1 amide bonds. The Kier molecular flexibility index (Phi) is 6.49. The molecule has 114 valence electrons. The summed E-state index contributed by atoms with van der Waals surface area (Å²) in [4.78, 5) is 11.7. The Morgan fingerprint density at radius 2 is 2.09 bits per heavy atom. The summed E-state index contributed by atoms with van der Waals surface area (Å²) < 4.78 is 0. The maximum absolute atomic E-state index is 11.7. The standard InChI is InChI=1S/C17H17ClN2OS/c1-13-5-4-6-14(9-13)10-19-20-17(21)12-22-11-15-7-2-3-8-16(15)18/h2-10H,11-12H2,1H3,(H,20,21)/b19-10-. The highest BCUT2D eigenvalue weighted by Crippen LogP contribution is 2.20. The number of aryl methyl sites for hydroxylation is 1. The van der Waals surface area contributed by atoms with Crippen LogP contribution in [0.25, 0.3) is 0 Å². The van der Waals surface area contributed by atoms with Gasteiger partial charge in [-0.3, -0.25) is 4.79 Å². The van der Waals surface area contributed by atoms with Gasteiger partial charge in [0, 0.05) is 10.8 Å². The molecule has 0 aliphatic carbocycles. The van der Waals surface area contributed by atoms with Gasteiger partial charge in [0.1, 0.15) is 0 Å². The molecule has 1 N–H and O–H groups in total. The molecule has 2 aromatic rings. The number of benzene rings is 2. The number of carbonyl (C=O) groups excluding carboxylic acids is 1. The molecule has 2 rings (SSSR count). The molecule has 0 aromatic heterocycles. The summed E-state index contributed by atoms with van der Waals surface area (Å²) in [6, 6.07) is 15.6. The number of halogens is 1. The van der Waals surface area contributed by atoms with E-state index >= 15 is 0 Å². The lowest BCUT2D eigenvalue weighted by Gasteiger charge is -2.03. The molecule has 0 saturated heterocycles. The average molecular weight is 333 g/mol. The van der Waals surface area contributed by atoms with Crippen LogP contribution in [0.3, 0.4) is 0 Å². The van der Waals surface area contributed by atoms with Crippen molar-refractivity contribution < 1.29 is 4.79 Å². The minimum absolute atomic E-state index is 0.124. The first kappa shape index (κ1) is 16.6. The lowest BCUT2D eigenvalue weighted by molar-refractivity contribution is -0.118. The van der Waals surface area contributed by atoms with E-state index < -0.39 is 0 Å². The number of nitrogens with zero attached hydrogens (tertiary/aromatic N) is 1. The van der Waals surface area contributed by atoms with Gasteiger partial charge in [0.05, 0.1) is 12.0 Å². The Balaban J connectivity index is 1.73. The monoisotopic (exact) mass is 332 g/mol. The number of nitrogens with one attached hydrogen (secondary N) is 1. The van der Waals surface area contributed by atoms with E-state index in [0.29, 0.717) is 11.5 Å². The Morgan fingerprint density at radius 1 is 1.27 bits per heavy atom. The van der Waals surface area contributed by atoms with E-state index in [0.717, 1.165) is 21.7 Å². The Hall–Kier alpha value is -1.78. The predicted molar refractivity (Wildman–Crippen MR) is 94.5 cm³/mol. The van der Waals surface area contributed by atoms with Crippen molar-refractivity contribution in [2.75, 3.05) is 5.75 Å². The smallest absolute Gasteiger partial charge is 0.250 e. The number of thioether (sulfide) groups is 1. The van der Waals surface area contributed by atoms with Gasteiger partial charge in [-0.2, -0.15) is 5.10 Å². The van der Waals surface area contributed by atoms with E-state index in [1.807, 2.05) is 55.5 Å². The number of rotatable bonds is 6. The van der Waals surface area contributed by atoms with Crippen LogP contribution in [-0.2, 0) is 10.5 Å². The van der Waals surface area contributed by atoms with Crippen molar-refractivity contribution in [3.63, 3.8) is 0 Å². The number of amides is 1. The fourth-order valence-electron chi connectivity index (χ4n) is 1.83. The van der Waals surface area contributed by atoms with E-state index in [9.17, 15) is 4.79 Å². The zero-order chi connectivity index (χ0) is 15.8. The van der Waals surface area contributed by atoms with Crippen molar-refractivity contribution in [2.45, 2.75) is 12.7 Å². The minimum Gasteiger partial charge on any atom is -0.272 e. The van der Waals surface area contributed by atoms with E-state index in [1.165, 1.54) is 11.8 Å². The van der Waals surface area contributed by atoms with Crippen molar-refractivity contribution in [3.8, 4) is 0 Å². The maximum atomic E-state index is 11.7. The minimum atomic E-state index is -0.124. The molecule has 0 radical (unpaired) electrons. The quantitative estimate of drug-likeness (QED) is 0.641. The van der Waals surface area contributed by atoms with E-state index in [4.69, 9.17) is 11.6 Å². The second kappa shape index (κ2) is 8.61. The zero-order valence-electron chi connectivity index (χ0n) is 12.3. The first-order valence-electron chi connectivity index (χ1n) is 6.85. The summed E-state index contributed by atoms with van der Waals surface area (Å²) in [7, 11) is 0. The summed E-state index contributed by atoms with van der Waals surface area (Å²) in [5.74, 6) is 0.923. The van der Waals surface area contributed by atoms with Gasteiger partial charge in [-0.1, -0.05) is 59.6 Å². The lowest BCUT2D eigenvalue weighted by atomic mass is 10.2. The molecular formula is C17H17ClN2OS. The van der Waals surface area contributed by atoms with Crippen molar-refractivity contribution in [1.82, 2.24) is 5.43 Å². The van der Waals surface area contributed by atoms with Crippen LogP contribution in [0.4, 0.5) is 0 Å². The Bertz CT molecular complexity index is 673. The second-order valence-electron chi connectivity index (χ2n) is 4.79. The molecule has 5 heteroatoms. The number of hydrogen-bond acceptors (Lipinski definition) is 3. The van der Waals surface area contributed by atoms with Gasteiger partial charge in [-0.15, -0.1) is 11.8 Å². The third kappa shape index (κ3) is 5.54. The molecule has 0 heterocycles. The molecule has 0 spiro atoms. The molecule has 3 nitrogen and oxygen atoms in total. The topological polar surface area (TPSA) is 41.5 Å².